The van der Waals surface area contributed by atoms with Crippen LogP contribution < -0.4 is 0 Å². The number of aliphatic hydroxyl groups excluding tert-OH is 1. The van der Waals surface area contributed by atoms with Gasteiger partial charge in [-0.15, -0.1) is 0 Å². The third kappa shape index (κ3) is 1.43. The maximum atomic E-state index is 11.9. The van der Waals surface area contributed by atoms with Gasteiger partial charge in [0, 0.05) is 11.3 Å². The number of ether oxygens (including phenoxy) is 1. The summed E-state index contributed by atoms with van der Waals surface area (Å²) < 4.78 is 5.69. The van der Waals surface area contributed by atoms with Crippen LogP contribution in [0.3, 0.4) is 0 Å². The van der Waals surface area contributed by atoms with Crippen molar-refractivity contribution in [2.45, 2.75) is 58.7 Å². The van der Waals surface area contributed by atoms with E-state index in [-0.39, 0.29) is 29.5 Å². The van der Waals surface area contributed by atoms with E-state index < -0.39 is 0 Å². The van der Waals surface area contributed by atoms with Crippen LogP contribution >= 0.6 is 0 Å². The summed E-state index contributed by atoms with van der Waals surface area (Å²) in [5, 5.41) is 10.5. The fourth-order valence-electron chi connectivity index (χ4n) is 4.91. The van der Waals surface area contributed by atoms with Crippen molar-refractivity contribution in [1.29, 1.82) is 0 Å². The molecule has 0 bridgehead atoms. The maximum Gasteiger partial charge on any atom is 0.309 e. The lowest BCUT2D eigenvalue weighted by Crippen LogP contribution is -2.46. The van der Waals surface area contributed by atoms with E-state index in [4.69, 9.17) is 4.74 Å². The fraction of sp³-hybridized carbons (Fsp3) is 0.933. The number of hydrogen-bond donors (Lipinski definition) is 1. The van der Waals surface area contributed by atoms with E-state index in [2.05, 4.69) is 13.8 Å². The van der Waals surface area contributed by atoms with Crippen LogP contribution in [0.5, 0.6) is 0 Å². The van der Waals surface area contributed by atoms with E-state index in [9.17, 15) is 9.90 Å². The summed E-state index contributed by atoms with van der Waals surface area (Å²) in [4.78, 5) is 11.9. The Morgan fingerprint density at radius 1 is 1.22 bits per heavy atom. The van der Waals surface area contributed by atoms with Crippen molar-refractivity contribution in [2.24, 2.45) is 29.1 Å². The Balaban J connectivity index is 2.01. The smallest absolute Gasteiger partial charge is 0.309 e. The number of esters is 1. The number of rotatable bonds is 0. The molecule has 0 aromatic carbocycles. The third-order valence-corrected chi connectivity index (χ3v) is 6.17. The third-order valence-electron chi connectivity index (χ3n) is 6.17. The normalized spacial score (nSPS) is 55.7. The van der Waals surface area contributed by atoms with Gasteiger partial charge in [0.15, 0.2) is 0 Å². The fourth-order valence-corrected chi connectivity index (χ4v) is 4.91. The van der Waals surface area contributed by atoms with Crippen molar-refractivity contribution in [3.05, 3.63) is 0 Å². The van der Waals surface area contributed by atoms with E-state index in [0.29, 0.717) is 17.8 Å². The van der Waals surface area contributed by atoms with Gasteiger partial charge in [0.25, 0.3) is 0 Å². The molecule has 2 saturated carbocycles. The van der Waals surface area contributed by atoms with Crippen molar-refractivity contribution in [3.8, 4) is 0 Å². The van der Waals surface area contributed by atoms with Crippen molar-refractivity contribution in [1.82, 2.24) is 0 Å². The second-order valence-electron chi connectivity index (χ2n) is 6.93. The minimum atomic E-state index is -0.311. The van der Waals surface area contributed by atoms with Crippen molar-refractivity contribution in [3.63, 3.8) is 0 Å². The molecule has 1 aliphatic heterocycles. The molecule has 102 valence electrons. The van der Waals surface area contributed by atoms with Crippen molar-refractivity contribution in [2.75, 3.05) is 0 Å². The highest BCUT2D eigenvalue weighted by atomic mass is 16.6. The molecule has 0 aromatic heterocycles. The lowest BCUT2D eigenvalue weighted by molar-refractivity contribution is -0.154. The largest absolute Gasteiger partial charge is 0.461 e. The van der Waals surface area contributed by atoms with E-state index >= 15 is 0 Å². The summed E-state index contributed by atoms with van der Waals surface area (Å²) in [7, 11) is 0. The molecule has 3 heteroatoms. The standard InChI is InChI=1S/C15H24O3/c1-8-4-5-10-9(2)14(17)18-13(10)15(3)11(8)6-7-12(15)16/h8-13,16H,4-7H2,1-3H3/t8-,9-,10-,11+,12-,13+,15-/m0/s1. The highest BCUT2D eigenvalue weighted by Gasteiger charge is 2.61. The Bertz CT molecular complexity index is 367. The zero-order valence-corrected chi connectivity index (χ0v) is 11.6. The summed E-state index contributed by atoms with van der Waals surface area (Å²) in [5.41, 5.74) is -0.221. The molecule has 0 unspecified atom stereocenters. The maximum absolute atomic E-state index is 11.9. The number of carbonyl (C=O) groups excluding carboxylic acids is 1. The molecule has 18 heavy (non-hydrogen) atoms. The summed E-state index contributed by atoms with van der Waals surface area (Å²) in [6, 6.07) is 0. The van der Waals surface area contributed by atoms with Crippen molar-refractivity contribution < 1.29 is 14.6 Å². The lowest BCUT2D eigenvalue weighted by atomic mass is 9.67. The zero-order valence-electron chi connectivity index (χ0n) is 11.6. The molecule has 3 aliphatic rings. The van der Waals surface area contributed by atoms with Crippen LogP contribution in [0.4, 0.5) is 0 Å². The minimum Gasteiger partial charge on any atom is -0.461 e. The van der Waals surface area contributed by atoms with E-state index in [1.807, 2.05) is 6.92 Å². The molecule has 0 amide bonds. The average Bonchev–Trinajstić information content (AvgIpc) is 2.75. The molecule has 1 heterocycles. The monoisotopic (exact) mass is 252 g/mol. The predicted octanol–water partition coefficient (Wildman–Crippen LogP) is 2.37. The molecular weight excluding hydrogens is 228 g/mol. The Morgan fingerprint density at radius 2 is 1.94 bits per heavy atom. The van der Waals surface area contributed by atoms with Gasteiger partial charge in [-0.25, -0.2) is 0 Å². The van der Waals surface area contributed by atoms with Crippen LogP contribution in [-0.4, -0.2) is 23.3 Å². The lowest BCUT2D eigenvalue weighted by Gasteiger charge is -2.40. The second-order valence-corrected chi connectivity index (χ2v) is 6.93. The van der Waals surface area contributed by atoms with Crippen LogP contribution in [0.2, 0.25) is 0 Å². The summed E-state index contributed by atoms with van der Waals surface area (Å²) in [5.74, 6) is 1.39. The highest BCUT2D eigenvalue weighted by molar-refractivity contribution is 5.75. The molecule has 2 aliphatic carbocycles. The summed E-state index contributed by atoms with van der Waals surface area (Å²) in [6.07, 6.45) is 3.79. The van der Waals surface area contributed by atoms with Gasteiger partial charge in [-0.2, -0.15) is 0 Å². The first-order chi connectivity index (χ1) is 8.46. The first-order valence-corrected chi connectivity index (χ1v) is 7.34. The second kappa shape index (κ2) is 3.96. The Labute approximate surface area is 109 Å². The Morgan fingerprint density at radius 3 is 2.67 bits per heavy atom. The summed E-state index contributed by atoms with van der Waals surface area (Å²) in [6.45, 7) is 6.44. The number of fused-ring (bicyclic) bond motifs is 3. The molecule has 1 N–H and O–H groups in total. The van der Waals surface area contributed by atoms with Crippen LogP contribution in [0.25, 0.3) is 0 Å². The van der Waals surface area contributed by atoms with E-state index in [1.165, 1.54) is 0 Å². The molecule has 1 saturated heterocycles. The molecule has 7 atom stereocenters. The Hall–Kier alpha value is -0.570. The van der Waals surface area contributed by atoms with Gasteiger partial charge < -0.3 is 9.84 Å². The minimum absolute atomic E-state index is 0.00516. The summed E-state index contributed by atoms with van der Waals surface area (Å²) >= 11 is 0. The molecule has 0 aromatic rings. The first kappa shape index (κ1) is 12.5. The zero-order chi connectivity index (χ0) is 13.1. The van der Waals surface area contributed by atoms with Crippen molar-refractivity contribution >= 4 is 5.97 Å². The van der Waals surface area contributed by atoms with Crippen LogP contribution in [-0.2, 0) is 9.53 Å². The van der Waals surface area contributed by atoms with Crippen LogP contribution in [0.1, 0.15) is 46.5 Å². The van der Waals surface area contributed by atoms with Gasteiger partial charge in [-0.3, -0.25) is 4.79 Å². The quantitative estimate of drug-likeness (QED) is 0.673. The number of aliphatic hydroxyl groups is 1. The van der Waals surface area contributed by atoms with E-state index in [0.717, 1.165) is 25.7 Å². The predicted molar refractivity (Wildman–Crippen MR) is 67.8 cm³/mol. The molecule has 3 fully saturated rings. The van der Waals surface area contributed by atoms with Crippen LogP contribution in [0, 0.1) is 29.1 Å². The molecule has 0 radical (unpaired) electrons. The highest BCUT2D eigenvalue weighted by Crippen LogP contribution is 2.58. The molecular formula is C15H24O3. The number of carbonyl (C=O) groups is 1. The van der Waals surface area contributed by atoms with Crippen LogP contribution in [0.15, 0.2) is 0 Å². The van der Waals surface area contributed by atoms with E-state index in [1.54, 1.807) is 0 Å². The molecule has 3 rings (SSSR count). The topological polar surface area (TPSA) is 46.5 Å². The average molecular weight is 252 g/mol. The van der Waals surface area contributed by atoms with Gasteiger partial charge in [0.1, 0.15) is 6.10 Å². The van der Waals surface area contributed by atoms with Gasteiger partial charge in [-0.05, 0) is 37.5 Å². The van der Waals surface area contributed by atoms with Gasteiger partial charge in [0.2, 0.25) is 0 Å². The molecule has 0 spiro atoms. The SMILES string of the molecule is C[C@@H]1C(=O)O[C@@H]2[C@H]1CC[C@H](C)[C@H]1CC[C@H](O)[C@]12C. The van der Waals surface area contributed by atoms with Gasteiger partial charge in [-0.1, -0.05) is 20.8 Å². The Kier molecular flexibility index (Phi) is 2.74. The number of hydrogen-bond acceptors (Lipinski definition) is 3. The van der Waals surface area contributed by atoms with Gasteiger partial charge in [0.05, 0.1) is 12.0 Å². The first-order valence-electron chi connectivity index (χ1n) is 7.34. The van der Waals surface area contributed by atoms with Gasteiger partial charge >= 0.3 is 5.97 Å². The molecule has 3 nitrogen and oxygen atoms in total.